The van der Waals surface area contributed by atoms with E-state index in [1.54, 1.807) is 44.5 Å². The third-order valence-electron chi connectivity index (χ3n) is 2.88. The third-order valence-corrected chi connectivity index (χ3v) is 2.88. The summed E-state index contributed by atoms with van der Waals surface area (Å²) < 4.78 is 5.09. The lowest BCUT2D eigenvalue weighted by atomic mass is 10.2. The highest BCUT2D eigenvalue weighted by molar-refractivity contribution is 6.04. The summed E-state index contributed by atoms with van der Waals surface area (Å²) in [5.74, 6) is 6.25. The zero-order chi connectivity index (χ0) is 14.5. The molecule has 0 unspecified atom stereocenters. The monoisotopic (exact) mass is 272 g/mol. The molecule has 0 radical (unpaired) electrons. The number of anilines is 2. The van der Waals surface area contributed by atoms with Crippen LogP contribution in [0.25, 0.3) is 0 Å². The first kappa shape index (κ1) is 13.8. The van der Waals surface area contributed by atoms with Crippen LogP contribution in [-0.2, 0) is 0 Å². The number of pyridine rings is 1. The molecule has 0 saturated carbocycles. The molecule has 0 saturated heterocycles. The van der Waals surface area contributed by atoms with Crippen LogP contribution in [-0.4, -0.2) is 25.0 Å². The van der Waals surface area contributed by atoms with Gasteiger partial charge in [0.15, 0.2) is 0 Å². The largest absolute Gasteiger partial charge is 0.497 e. The predicted molar refractivity (Wildman–Crippen MR) is 77.8 cm³/mol. The number of carbonyl (C=O) groups excluding carboxylic acids is 1. The van der Waals surface area contributed by atoms with Gasteiger partial charge in [-0.3, -0.25) is 4.79 Å². The fraction of sp³-hybridized carbons (Fsp3) is 0.143. The fourth-order valence-electron chi connectivity index (χ4n) is 1.73. The van der Waals surface area contributed by atoms with E-state index < -0.39 is 0 Å². The second-order valence-electron chi connectivity index (χ2n) is 4.11. The van der Waals surface area contributed by atoms with Gasteiger partial charge in [0.2, 0.25) is 0 Å². The van der Waals surface area contributed by atoms with Crippen molar-refractivity contribution in [3.63, 3.8) is 0 Å². The van der Waals surface area contributed by atoms with Crippen molar-refractivity contribution < 1.29 is 9.53 Å². The van der Waals surface area contributed by atoms with Gasteiger partial charge >= 0.3 is 0 Å². The first-order chi connectivity index (χ1) is 9.65. The maximum Gasteiger partial charge on any atom is 0.276 e. The van der Waals surface area contributed by atoms with Gasteiger partial charge in [-0.15, -0.1) is 0 Å². The molecule has 0 aliphatic heterocycles. The summed E-state index contributed by atoms with van der Waals surface area (Å²) in [6.45, 7) is 0. The van der Waals surface area contributed by atoms with Gasteiger partial charge < -0.3 is 15.1 Å². The second-order valence-corrected chi connectivity index (χ2v) is 4.11. The fourth-order valence-corrected chi connectivity index (χ4v) is 1.73. The zero-order valence-electron chi connectivity index (χ0n) is 11.3. The summed E-state index contributed by atoms with van der Waals surface area (Å²) in [5, 5.41) is 0. The number of nitrogens with one attached hydrogen (secondary N) is 1. The summed E-state index contributed by atoms with van der Waals surface area (Å²) in [6.07, 6.45) is 0. The third kappa shape index (κ3) is 2.86. The standard InChI is InChI=1S/C14H16N4O2/c1-18(10-6-8-11(20-2)9-7-10)14(19)12-4-3-5-13(16-12)17-15/h3-9H,15H2,1-2H3,(H,16,17). The molecule has 1 aromatic heterocycles. The van der Waals surface area contributed by atoms with Gasteiger partial charge in [-0.05, 0) is 36.4 Å². The molecule has 1 amide bonds. The molecule has 104 valence electrons. The number of nitrogens with two attached hydrogens (primary N) is 1. The molecule has 0 aliphatic carbocycles. The number of hydrogen-bond donors (Lipinski definition) is 2. The lowest BCUT2D eigenvalue weighted by Crippen LogP contribution is -2.27. The smallest absolute Gasteiger partial charge is 0.276 e. The van der Waals surface area contributed by atoms with Crippen molar-refractivity contribution in [1.82, 2.24) is 4.98 Å². The molecule has 0 fully saturated rings. The van der Waals surface area contributed by atoms with Crippen molar-refractivity contribution in [3.05, 3.63) is 48.2 Å². The van der Waals surface area contributed by atoms with Crippen LogP contribution < -0.4 is 20.9 Å². The van der Waals surface area contributed by atoms with E-state index in [1.165, 1.54) is 4.90 Å². The van der Waals surface area contributed by atoms with Crippen LogP contribution in [0.3, 0.4) is 0 Å². The van der Waals surface area contributed by atoms with Gasteiger partial charge in [-0.1, -0.05) is 6.07 Å². The van der Waals surface area contributed by atoms with Gasteiger partial charge in [-0.25, -0.2) is 10.8 Å². The minimum atomic E-state index is -0.215. The SMILES string of the molecule is COc1ccc(N(C)C(=O)c2cccc(NN)n2)cc1. The van der Waals surface area contributed by atoms with Crippen LogP contribution in [0.5, 0.6) is 5.75 Å². The van der Waals surface area contributed by atoms with E-state index in [-0.39, 0.29) is 5.91 Å². The molecule has 6 heteroatoms. The van der Waals surface area contributed by atoms with E-state index in [9.17, 15) is 4.79 Å². The van der Waals surface area contributed by atoms with Crippen molar-refractivity contribution in [2.75, 3.05) is 24.5 Å². The average Bonchev–Trinajstić information content (AvgIpc) is 2.53. The highest BCUT2D eigenvalue weighted by Crippen LogP contribution is 2.19. The predicted octanol–water partition coefficient (Wildman–Crippen LogP) is 1.65. The maximum atomic E-state index is 12.3. The van der Waals surface area contributed by atoms with Crippen molar-refractivity contribution in [3.8, 4) is 5.75 Å². The Morgan fingerprint density at radius 1 is 1.25 bits per heavy atom. The maximum absolute atomic E-state index is 12.3. The number of nitrogens with zero attached hydrogens (tertiary/aromatic N) is 2. The number of methoxy groups -OCH3 is 1. The Morgan fingerprint density at radius 2 is 1.95 bits per heavy atom. The van der Waals surface area contributed by atoms with Crippen molar-refractivity contribution in [2.24, 2.45) is 5.84 Å². The second kappa shape index (κ2) is 6.03. The zero-order valence-corrected chi connectivity index (χ0v) is 11.3. The molecule has 1 heterocycles. The van der Waals surface area contributed by atoms with Gasteiger partial charge in [0.05, 0.1) is 7.11 Å². The molecule has 20 heavy (non-hydrogen) atoms. The Hall–Kier alpha value is -2.60. The first-order valence-corrected chi connectivity index (χ1v) is 6.01. The van der Waals surface area contributed by atoms with E-state index in [2.05, 4.69) is 10.4 Å². The molecule has 6 nitrogen and oxygen atoms in total. The molecule has 0 bridgehead atoms. The van der Waals surface area contributed by atoms with Crippen LogP contribution in [0.15, 0.2) is 42.5 Å². The summed E-state index contributed by atoms with van der Waals surface area (Å²) in [7, 11) is 3.29. The number of aromatic nitrogens is 1. The highest BCUT2D eigenvalue weighted by Gasteiger charge is 2.15. The molecule has 0 spiro atoms. The Bertz CT molecular complexity index is 598. The number of hydrazine groups is 1. The quantitative estimate of drug-likeness (QED) is 0.653. The lowest BCUT2D eigenvalue weighted by molar-refractivity contribution is 0.0988. The minimum Gasteiger partial charge on any atom is -0.497 e. The van der Waals surface area contributed by atoms with Crippen LogP contribution in [0.1, 0.15) is 10.5 Å². The van der Waals surface area contributed by atoms with Gasteiger partial charge in [0.25, 0.3) is 5.91 Å². The molecule has 3 N–H and O–H groups in total. The van der Waals surface area contributed by atoms with Gasteiger partial charge in [-0.2, -0.15) is 0 Å². The normalized spacial score (nSPS) is 9.95. The van der Waals surface area contributed by atoms with E-state index in [0.717, 1.165) is 11.4 Å². The number of rotatable bonds is 4. The van der Waals surface area contributed by atoms with Crippen LogP contribution >= 0.6 is 0 Å². The molecule has 0 aliphatic rings. The Labute approximate surface area is 117 Å². The summed E-state index contributed by atoms with van der Waals surface area (Å²) in [5.41, 5.74) is 3.49. The van der Waals surface area contributed by atoms with Gasteiger partial charge in [0.1, 0.15) is 17.3 Å². The first-order valence-electron chi connectivity index (χ1n) is 6.01. The highest BCUT2D eigenvalue weighted by atomic mass is 16.5. The Balaban J connectivity index is 2.22. The van der Waals surface area contributed by atoms with E-state index in [1.807, 2.05) is 12.1 Å². The molecular formula is C14H16N4O2. The molecule has 0 atom stereocenters. The van der Waals surface area contributed by atoms with Crippen LogP contribution in [0.2, 0.25) is 0 Å². The number of amides is 1. The van der Waals surface area contributed by atoms with E-state index >= 15 is 0 Å². The number of benzene rings is 1. The summed E-state index contributed by atoms with van der Waals surface area (Å²) in [4.78, 5) is 18.0. The average molecular weight is 272 g/mol. The molecular weight excluding hydrogens is 256 g/mol. The Kier molecular flexibility index (Phi) is 4.17. The van der Waals surface area contributed by atoms with Crippen LogP contribution in [0, 0.1) is 0 Å². The van der Waals surface area contributed by atoms with Crippen molar-refractivity contribution >= 4 is 17.4 Å². The Morgan fingerprint density at radius 3 is 2.55 bits per heavy atom. The summed E-state index contributed by atoms with van der Waals surface area (Å²) in [6, 6.07) is 12.3. The van der Waals surface area contributed by atoms with E-state index in [4.69, 9.17) is 10.6 Å². The minimum absolute atomic E-state index is 0.215. The number of nitrogen functional groups attached to an aromatic ring is 1. The lowest BCUT2D eigenvalue weighted by Gasteiger charge is -2.17. The molecule has 2 aromatic rings. The number of hydrogen-bond acceptors (Lipinski definition) is 5. The van der Waals surface area contributed by atoms with E-state index in [0.29, 0.717) is 11.5 Å². The molecule has 2 rings (SSSR count). The molecule has 1 aromatic carbocycles. The topological polar surface area (TPSA) is 80.5 Å². The number of ether oxygens (including phenoxy) is 1. The van der Waals surface area contributed by atoms with Gasteiger partial charge in [0, 0.05) is 12.7 Å². The summed E-state index contributed by atoms with van der Waals surface area (Å²) >= 11 is 0. The van der Waals surface area contributed by atoms with Crippen molar-refractivity contribution in [2.45, 2.75) is 0 Å². The van der Waals surface area contributed by atoms with Crippen LogP contribution in [0.4, 0.5) is 11.5 Å². The van der Waals surface area contributed by atoms with Crippen molar-refractivity contribution in [1.29, 1.82) is 0 Å². The number of carbonyl (C=O) groups is 1.